The van der Waals surface area contributed by atoms with E-state index in [1.165, 1.54) is 0 Å². The number of rotatable bonds is 1. The molecule has 1 heteroatoms. The van der Waals surface area contributed by atoms with Crippen LogP contribution >= 0.6 is 0 Å². The highest BCUT2D eigenvalue weighted by Gasteiger charge is 1.80. The summed E-state index contributed by atoms with van der Waals surface area (Å²) in [6.07, 6.45) is 13.8. The molecule has 0 aliphatic heterocycles. The highest BCUT2D eigenvalue weighted by atomic mass is 14.7. The zero-order valence-electron chi connectivity index (χ0n) is 7.41. The van der Waals surface area contributed by atoms with Crippen molar-refractivity contribution in [3.8, 4) is 11.8 Å². The van der Waals surface area contributed by atoms with Crippen molar-refractivity contribution >= 4 is 6.21 Å². The first-order valence-electron chi connectivity index (χ1n) is 4.19. The van der Waals surface area contributed by atoms with Gasteiger partial charge in [0.2, 0.25) is 0 Å². The lowest BCUT2D eigenvalue weighted by atomic mass is 10.3. The van der Waals surface area contributed by atoms with E-state index in [-0.39, 0.29) is 0 Å². The summed E-state index contributed by atoms with van der Waals surface area (Å²) >= 11 is 0. The Morgan fingerprint density at radius 3 is 2.71 bits per heavy atom. The lowest BCUT2D eigenvalue weighted by molar-refractivity contribution is 1.47. The largest absolute Gasteiger partial charge is 0.369 e. The minimum Gasteiger partial charge on any atom is -0.369 e. The fourth-order valence-corrected chi connectivity index (χ4v) is 0.982. The first-order chi connectivity index (χ1) is 6.95. The highest BCUT2D eigenvalue weighted by Crippen LogP contribution is 2.01. The molecule has 0 aromatic carbocycles. The fourth-order valence-electron chi connectivity index (χ4n) is 0.982. The predicted octanol–water partition coefficient (Wildman–Crippen LogP) is 2.20. The number of hydrogen-bond donors (Lipinski definition) is 0. The van der Waals surface area contributed by atoms with Crippen LogP contribution in [0.15, 0.2) is 64.2 Å². The summed E-state index contributed by atoms with van der Waals surface area (Å²) in [6.45, 7) is 0. The Morgan fingerprint density at radius 1 is 1.14 bits per heavy atom. The minimum absolute atomic E-state index is 0.755. The third-order valence-corrected chi connectivity index (χ3v) is 1.61. The van der Waals surface area contributed by atoms with Crippen molar-refractivity contribution in [1.29, 1.82) is 0 Å². The second-order valence-electron chi connectivity index (χ2n) is 2.61. The van der Waals surface area contributed by atoms with Crippen LogP contribution < -0.4 is 0 Å². The SMILES string of the molecule is C1=CC=CC=1C#C[C-]=NC1=C=CC=C1. The van der Waals surface area contributed by atoms with Gasteiger partial charge in [0.1, 0.15) is 0 Å². The van der Waals surface area contributed by atoms with E-state index in [1.807, 2.05) is 30.4 Å². The Kier molecular flexibility index (Phi) is 2.46. The van der Waals surface area contributed by atoms with Crippen molar-refractivity contribution in [2.75, 3.05) is 0 Å². The van der Waals surface area contributed by atoms with E-state index in [1.54, 1.807) is 6.08 Å². The molecule has 0 aromatic rings. The number of aliphatic imine (C=N–C) groups is 1. The van der Waals surface area contributed by atoms with Gasteiger partial charge in [-0.25, -0.2) is 5.92 Å². The normalized spacial score (nSPS) is 16.0. The molecule has 0 aromatic heterocycles. The molecular formula is C13H6N-. The molecule has 1 nitrogen and oxygen atoms in total. The van der Waals surface area contributed by atoms with Crippen LogP contribution in [-0.4, -0.2) is 6.21 Å². The Hall–Kier alpha value is -2.25. The Bertz CT molecular complexity index is 515. The van der Waals surface area contributed by atoms with Crippen LogP contribution in [0.25, 0.3) is 0 Å². The summed E-state index contributed by atoms with van der Waals surface area (Å²) < 4.78 is 0. The molecule has 0 amide bonds. The molecule has 14 heavy (non-hydrogen) atoms. The van der Waals surface area contributed by atoms with Crippen LogP contribution in [-0.2, 0) is 0 Å². The van der Waals surface area contributed by atoms with E-state index in [2.05, 4.69) is 34.5 Å². The van der Waals surface area contributed by atoms with Crippen LogP contribution in [0.4, 0.5) is 0 Å². The monoisotopic (exact) mass is 176 g/mol. The average molecular weight is 176 g/mol. The molecule has 64 valence electrons. The molecule has 0 unspecified atom stereocenters. The Morgan fingerprint density at radius 2 is 2.00 bits per heavy atom. The molecule has 0 bridgehead atoms. The second kappa shape index (κ2) is 4.12. The molecule has 2 aliphatic rings. The maximum Gasteiger partial charge on any atom is 0.00350 e. The van der Waals surface area contributed by atoms with Crippen LogP contribution in [0.5, 0.6) is 0 Å². The van der Waals surface area contributed by atoms with Crippen LogP contribution in [0.3, 0.4) is 0 Å². The molecular weight excluding hydrogens is 170 g/mol. The molecule has 0 saturated heterocycles. The fraction of sp³-hybridized carbons (Fsp3) is 0. The summed E-state index contributed by atoms with van der Waals surface area (Å²) in [7, 11) is 0. The Balaban J connectivity index is 2.00. The summed E-state index contributed by atoms with van der Waals surface area (Å²) in [5, 5.41) is 0. The van der Waals surface area contributed by atoms with Gasteiger partial charge in [-0.15, -0.1) is 5.73 Å². The molecule has 2 aliphatic carbocycles. The third kappa shape index (κ3) is 2.12. The first-order valence-corrected chi connectivity index (χ1v) is 4.19. The quantitative estimate of drug-likeness (QED) is 0.251. The molecule has 0 atom stereocenters. The van der Waals surface area contributed by atoms with Gasteiger partial charge >= 0.3 is 0 Å². The van der Waals surface area contributed by atoms with Crippen molar-refractivity contribution in [2.45, 2.75) is 0 Å². The molecule has 0 heterocycles. The Labute approximate surface area is 82.9 Å². The smallest absolute Gasteiger partial charge is 0.00350 e. The molecule has 0 radical (unpaired) electrons. The van der Waals surface area contributed by atoms with E-state index in [9.17, 15) is 0 Å². The number of hydrogen-bond acceptors (Lipinski definition) is 1. The van der Waals surface area contributed by atoms with Gasteiger partial charge in [0.15, 0.2) is 0 Å². The topological polar surface area (TPSA) is 12.4 Å². The number of allylic oxidation sites excluding steroid dienone is 5. The van der Waals surface area contributed by atoms with Crippen molar-refractivity contribution in [2.24, 2.45) is 4.99 Å². The van der Waals surface area contributed by atoms with Gasteiger partial charge < -0.3 is 4.99 Å². The zero-order chi connectivity index (χ0) is 9.64. The van der Waals surface area contributed by atoms with E-state index in [0.717, 1.165) is 11.3 Å². The lowest BCUT2D eigenvalue weighted by Gasteiger charge is -1.89. The van der Waals surface area contributed by atoms with Gasteiger partial charge in [-0.2, -0.15) is 11.7 Å². The van der Waals surface area contributed by atoms with E-state index >= 15 is 0 Å². The average Bonchev–Trinajstić information content (AvgIpc) is 2.86. The van der Waals surface area contributed by atoms with E-state index in [4.69, 9.17) is 0 Å². The third-order valence-electron chi connectivity index (χ3n) is 1.61. The predicted molar refractivity (Wildman–Crippen MR) is 56.7 cm³/mol. The minimum atomic E-state index is 0.755. The van der Waals surface area contributed by atoms with Crippen molar-refractivity contribution in [3.05, 3.63) is 59.2 Å². The molecule has 0 fully saturated rings. The molecule has 0 N–H and O–H groups in total. The van der Waals surface area contributed by atoms with Gasteiger partial charge in [-0.1, -0.05) is 24.3 Å². The standard InChI is InChI=1S/C13H6N/c1-2-7-12(6-1)8-5-11-14-13-9-3-4-10-13/h1-4,6,9H/q-1. The van der Waals surface area contributed by atoms with Gasteiger partial charge in [-0.05, 0) is 23.9 Å². The van der Waals surface area contributed by atoms with Crippen molar-refractivity contribution in [3.63, 3.8) is 0 Å². The number of nitrogens with zero attached hydrogens (tertiary/aromatic N) is 1. The van der Waals surface area contributed by atoms with E-state index < -0.39 is 0 Å². The summed E-state index contributed by atoms with van der Waals surface area (Å²) in [5.74, 6) is 5.57. The van der Waals surface area contributed by atoms with E-state index in [0.29, 0.717) is 0 Å². The summed E-state index contributed by atoms with van der Waals surface area (Å²) in [5.41, 5.74) is 7.51. The molecule has 2 rings (SSSR count). The summed E-state index contributed by atoms with van der Waals surface area (Å²) in [6, 6.07) is 0. The highest BCUT2D eigenvalue weighted by molar-refractivity contribution is 5.80. The maximum atomic E-state index is 3.97. The van der Waals surface area contributed by atoms with Gasteiger partial charge in [0, 0.05) is 5.70 Å². The zero-order valence-corrected chi connectivity index (χ0v) is 7.41. The van der Waals surface area contributed by atoms with Crippen LogP contribution in [0.1, 0.15) is 0 Å². The van der Waals surface area contributed by atoms with Gasteiger partial charge in [0.05, 0.1) is 0 Å². The summed E-state index contributed by atoms with van der Waals surface area (Å²) in [4.78, 5) is 3.97. The van der Waals surface area contributed by atoms with Crippen LogP contribution in [0, 0.1) is 11.8 Å². The lowest BCUT2D eigenvalue weighted by Crippen LogP contribution is -1.70. The maximum absolute atomic E-state index is 3.97. The van der Waals surface area contributed by atoms with Gasteiger partial charge in [0.25, 0.3) is 0 Å². The molecule has 0 saturated carbocycles. The van der Waals surface area contributed by atoms with Gasteiger partial charge in [-0.3, -0.25) is 0 Å². The molecule has 0 spiro atoms. The van der Waals surface area contributed by atoms with Crippen molar-refractivity contribution in [1.82, 2.24) is 0 Å². The first kappa shape index (κ1) is 8.35. The van der Waals surface area contributed by atoms with Crippen molar-refractivity contribution < 1.29 is 0 Å². The second-order valence-corrected chi connectivity index (χ2v) is 2.61. The van der Waals surface area contributed by atoms with Crippen LogP contribution in [0.2, 0.25) is 0 Å².